The number of rotatable bonds is 5. The van der Waals surface area contributed by atoms with Gasteiger partial charge in [0.1, 0.15) is 0 Å². The fraction of sp³-hybridized carbons (Fsp3) is 0.333. The average Bonchev–Trinajstić information content (AvgIpc) is 2.62. The molecule has 0 radical (unpaired) electrons. The van der Waals surface area contributed by atoms with Crippen molar-refractivity contribution in [2.75, 3.05) is 32.8 Å². The number of hydrogen-bond donors (Lipinski definition) is 0. The van der Waals surface area contributed by atoms with Gasteiger partial charge in [-0.15, -0.1) is 0 Å². The molecule has 1 aliphatic heterocycles. The van der Waals surface area contributed by atoms with Crippen molar-refractivity contribution in [3.8, 4) is 5.75 Å². The van der Waals surface area contributed by atoms with E-state index in [1.54, 1.807) is 29.4 Å². The van der Waals surface area contributed by atoms with Crippen LogP contribution in [0, 0.1) is 5.82 Å². The number of halogens is 1. The molecule has 0 N–H and O–H groups in total. The molecule has 0 spiro atoms. The van der Waals surface area contributed by atoms with Crippen molar-refractivity contribution >= 4 is 5.91 Å². The van der Waals surface area contributed by atoms with Crippen molar-refractivity contribution in [1.29, 1.82) is 0 Å². The molecule has 1 aromatic heterocycles. The summed E-state index contributed by atoms with van der Waals surface area (Å²) in [4.78, 5) is 20.3. The number of amides is 1. The van der Waals surface area contributed by atoms with Crippen molar-refractivity contribution in [1.82, 2.24) is 14.8 Å². The van der Waals surface area contributed by atoms with Gasteiger partial charge < -0.3 is 9.64 Å². The van der Waals surface area contributed by atoms with Crippen LogP contribution in [0.5, 0.6) is 5.75 Å². The second-order valence-corrected chi connectivity index (χ2v) is 5.73. The van der Waals surface area contributed by atoms with Crippen LogP contribution < -0.4 is 4.74 Å². The zero-order valence-electron chi connectivity index (χ0n) is 13.4. The molecular formula is C18H20FN3O2. The van der Waals surface area contributed by atoms with Gasteiger partial charge in [0.2, 0.25) is 0 Å². The Morgan fingerprint density at radius 2 is 1.79 bits per heavy atom. The molecule has 1 saturated heterocycles. The largest absolute Gasteiger partial charge is 0.481 e. The summed E-state index contributed by atoms with van der Waals surface area (Å²) in [7, 11) is 0. The molecule has 0 saturated carbocycles. The predicted molar refractivity (Wildman–Crippen MR) is 88.0 cm³/mol. The van der Waals surface area contributed by atoms with Gasteiger partial charge in [0, 0.05) is 45.1 Å². The fourth-order valence-electron chi connectivity index (χ4n) is 2.69. The van der Waals surface area contributed by atoms with Crippen LogP contribution in [0.1, 0.15) is 5.56 Å². The number of nitrogens with zero attached hydrogens (tertiary/aromatic N) is 3. The zero-order chi connectivity index (χ0) is 16.8. The van der Waals surface area contributed by atoms with E-state index in [1.807, 2.05) is 12.1 Å². The third kappa shape index (κ3) is 4.29. The number of piperazine rings is 1. The molecule has 1 amide bonds. The lowest BCUT2D eigenvalue weighted by Gasteiger charge is -2.34. The highest BCUT2D eigenvalue weighted by atomic mass is 19.1. The number of aromatic nitrogens is 1. The van der Waals surface area contributed by atoms with Crippen molar-refractivity contribution in [3.63, 3.8) is 0 Å². The van der Waals surface area contributed by atoms with Crippen LogP contribution in [0.15, 0.2) is 48.8 Å². The van der Waals surface area contributed by atoms with Crippen LogP contribution in [-0.2, 0) is 11.3 Å². The smallest absolute Gasteiger partial charge is 0.260 e. The zero-order valence-corrected chi connectivity index (χ0v) is 13.4. The molecule has 24 heavy (non-hydrogen) atoms. The summed E-state index contributed by atoms with van der Waals surface area (Å²) < 4.78 is 18.8. The summed E-state index contributed by atoms with van der Waals surface area (Å²) in [5.74, 6) is -0.448. The second kappa shape index (κ2) is 7.88. The standard InChI is InChI=1S/C18H20FN3O2/c19-16-3-1-2-4-17(16)24-14-18(23)22-11-9-21(10-12-22)13-15-5-7-20-8-6-15/h1-8H,9-14H2. The molecule has 0 unspecified atom stereocenters. The first-order chi connectivity index (χ1) is 11.7. The second-order valence-electron chi connectivity index (χ2n) is 5.73. The molecule has 6 heteroatoms. The maximum atomic E-state index is 13.5. The Morgan fingerprint density at radius 1 is 1.08 bits per heavy atom. The Morgan fingerprint density at radius 3 is 2.50 bits per heavy atom. The molecule has 126 valence electrons. The molecule has 5 nitrogen and oxygen atoms in total. The normalized spacial score (nSPS) is 15.3. The lowest BCUT2D eigenvalue weighted by molar-refractivity contribution is -0.135. The fourth-order valence-corrected chi connectivity index (χ4v) is 2.69. The summed E-state index contributed by atoms with van der Waals surface area (Å²) in [6.45, 7) is 3.66. The molecule has 1 fully saturated rings. The van der Waals surface area contributed by atoms with Gasteiger partial charge in [0.15, 0.2) is 18.2 Å². The molecule has 0 atom stereocenters. The Hall–Kier alpha value is -2.47. The summed E-state index contributed by atoms with van der Waals surface area (Å²) in [5, 5.41) is 0. The van der Waals surface area contributed by atoms with Gasteiger partial charge in [-0.25, -0.2) is 4.39 Å². The summed E-state index contributed by atoms with van der Waals surface area (Å²) in [6, 6.07) is 10.1. The van der Waals surface area contributed by atoms with E-state index in [0.29, 0.717) is 13.1 Å². The Balaban J connectivity index is 1.44. The van der Waals surface area contributed by atoms with E-state index in [2.05, 4.69) is 9.88 Å². The number of hydrogen-bond acceptors (Lipinski definition) is 4. The van der Waals surface area contributed by atoms with E-state index in [1.165, 1.54) is 17.7 Å². The van der Waals surface area contributed by atoms with Crippen LogP contribution >= 0.6 is 0 Å². The molecule has 2 heterocycles. The van der Waals surface area contributed by atoms with E-state index in [0.717, 1.165) is 19.6 Å². The molecule has 1 aromatic carbocycles. The minimum atomic E-state index is -0.451. The van der Waals surface area contributed by atoms with Crippen LogP contribution in [-0.4, -0.2) is 53.5 Å². The quantitative estimate of drug-likeness (QED) is 0.841. The molecule has 3 rings (SSSR count). The van der Waals surface area contributed by atoms with Crippen LogP contribution in [0.4, 0.5) is 4.39 Å². The first-order valence-corrected chi connectivity index (χ1v) is 7.99. The summed E-state index contributed by atoms with van der Waals surface area (Å²) >= 11 is 0. The molecule has 2 aromatic rings. The lowest BCUT2D eigenvalue weighted by Crippen LogP contribution is -2.49. The first-order valence-electron chi connectivity index (χ1n) is 7.99. The van der Waals surface area contributed by atoms with E-state index < -0.39 is 5.82 Å². The number of carbonyl (C=O) groups excluding carboxylic acids is 1. The van der Waals surface area contributed by atoms with E-state index in [4.69, 9.17) is 4.74 Å². The van der Waals surface area contributed by atoms with Crippen molar-refractivity contribution in [3.05, 3.63) is 60.2 Å². The van der Waals surface area contributed by atoms with E-state index in [-0.39, 0.29) is 18.3 Å². The monoisotopic (exact) mass is 329 g/mol. The third-order valence-electron chi connectivity index (χ3n) is 4.07. The number of para-hydroxylation sites is 1. The van der Waals surface area contributed by atoms with E-state index >= 15 is 0 Å². The Bertz CT molecular complexity index is 673. The van der Waals surface area contributed by atoms with Gasteiger partial charge in [-0.05, 0) is 29.8 Å². The Kier molecular flexibility index (Phi) is 5.38. The minimum absolute atomic E-state index is 0.109. The van der Waals surface area contributed by atoms with E-state index in [9.17, 15) is 9.18 Å². The highest BCUT2D eigenvalue weighted by Crippen LogP contribution is 2.15. The number of ether oxygens (including phenoxy) is 1. The molecule has 0 aliphatic carbocycles. The Labute approximate surface area is 140 Å². The van der Waals surface area contributed by atoms with Crippen molar-refractivity contribution in [2.45, 2.75) is 6.54 Å². The van der Waals surface area contributed by atoms with Crippen LogP contribution in [0.3, 0.4) is 0 Å². The van der Waals surface area contributed by atoms with Gasteiger partial charge in [0.25, 0.3) is 5.91 Å². The predicted octanol–water partition coefficient (Wildman–Crippen LogP) is 1.94. The third-order valence-corrected chi connectivity index (χ3v) is 4.07. The van der Waals surface area contributed by atoms with Gasteiger partial charge in [-0.1, -0.05) is 12.1 Å². The lowest BCUT2D eigenvalue weighted by atomic mass is 10.2. The van der Waals surface area contributed by atoms with Gasteiger partial charge in [-0.2, -0.15) is 0 Å². The molecule has 0 bridgehead atoms. The maximum absolute atomic E-state index is 13.5. The van der Waals surface area contributed by atoms with Crippen LogP contribution in [0.25, 0.3) is 0 Å². The summed E-state index contributed by atoms with van der Waals surface area (Å²) in [6.07, 6.45) is 3.57. The highest BCUT2D eigenvalue weighted by molar-refractivity contribution is 5.77. The number of pyridine rings is 1. The van der Waals surface area contributed by atoms with Crippen molar-refractivity contribution in [2.24, 2.45) is 0 Å². The van der Waals surface area contributed by atoms with Gasteiger partial charge in [-0.3, -0.25) is 14.7 Å². The average molecular weight is 329 g/mol. The summed E-state index contributed by atoms with van der Waals surface area (Å²) in [5.41, 5.74) is 1.22. The topological polar surface area (TPSA) is 45.7 Å². The van der Waals surface area contributed by atoms with Gasteiger partial charge in [0.05, 0.1) is 0 Å². The highest BCUT2D eigenvalue weighted by Gasteiger charge is 2.21. The molecule has 1 aliphatic rings. The number of carbonyl (C=O) groups is 1. The number of benzene rings is 1. The SMILES string of the molecule is O=C(COc1ccccc1F)N1CCN(Cc2ccncc2)CC1. The van der Waals surface area contributed by atoms with Crippen LogP contribution in [0.2, 0.25) is 0 Å². The first kappa shape index (κ1) is 16.4. The molecular weight excluding hydrogens is 309 g/mol. The maximum Gasteiger partial charge on any atom is 0.260 e. The minimum Gasteiger partial charge on any atom is -0.481 e. The van der Waals surface area contributed by atoms with Gasteiger partial charge >= 0.3 is 0 Å². The van der Waals surface area contributed by atoms with Crippen molar-refractivity contribution < 1.29 is 13.9 Å².